The number of nitrogens with zero attached hydrogens (tertiary/aromatic N) is 1. The molecule has 0 fully saturated rings. The van der Waals surface area contributed by atoms with E-state index in [4.69, 9.17) is 14.7 Å². The molecule has 128 valence electrons. The molecule has 0 aliphatic heterocycles. The zero-order valence-electron chi connectivity index (χ0n) is 14.3. The van der Waals surface area contributed by atoms with Gasteiger partial charge in [-0.15, -0.1) is 0 Å². The summed E-state index contributed by atoms with van der Waals surface area (Å²) in [6.45, 7) is 0.525. The predicted octanol–water partition coefficient (Wildman–Crippen LogP) is 2.97. The molecule has 1 amide bonds. The maximum absolute atomic E-state index is 11.6. The Balaban J connectivity index is 2.10. The van der Waals surface area contributed by atoms with Crippen LogP contribution in [0.3, 0.4) is 0 Å². The van der Waals surface area contributed by atoms with E-state index >= 15 is 0 Å². The fourth-order valence-corrected chi connectivity index (χ4v) is 2.27. The maximum Gasteiger partial charge on any atom is 0.261 e. The van der Waals surface area contributed by atoms with Crippen LogP contribution in [0.5, 0.6) is 11.5 Å². The molecule has 5 heteroatoms. The van der Waals surface area contributed by atoms with E-state index in [1.54, 1.807) is 25.3 Å². The number of rotatable bonds is 7. The SMILES string of the molecule is CNC(=O)/C(C#N)=C\c1ccc(OCCc2ccccc2)c(OC)c1. The zero-order valence-corrected chi connectivity index (χ0v) is 14.3. The monoisotopic (exact) mass is 336 g/mol. The summed E-state index contributed by atoms with van der Waals surface area (Å²) in [5, 5.41) is 11.5. The fraction of sp³-hybridized carbons (Fsp3) is 0.200. The highest BCUT2D eigenvalue weighted by molar-refractivity contribution is 6.01. The van der Waals surface area contributed by atoms with Crippen molar-refractivity contribution in [2.45, 2.75) is 6.42 Å². The van der Waals surface area contributed by atoms with Gasteiger partial charge in [0.2, 0.25) is 0 Å². The molecule has 0 saturated carbocycles. The average molecular weight is 336 g/mol. The summed E-state index contributed by atoms with van der Waals surface area (Å²) in [6, 6.07) is 17.2. The third-order valence-electron chi connectivity index (χ3n) is 3.58. The van der Waals surface area contributed by atoms with Gasteiger partial charge in [0.15, 0.2) is 11.5 Å². The largest absolute Gasteiger partial charge is 0.493 e. The summed E-state index contributed by atoms with van der Waals surface area (Å²) in [7, 11) is 3.04. The quantitative estimate of drug-likeness (QED) is 0.623. The highest BCUT2D eigenvalue weighted by Crippen LogP contribution is 2.29. The molecular formula is C20H20N2O3. The van der Waals surface area contributed by atoms with Gasteiger partial charge in [0.25, 0.3) is 5.91 Å². The van der Waals surface area contributed by atoms with Crippen molar-refractivity contribution in [3.63, 3.8) is 0 Å². The number of benzene rings is 2. The van der Waals surface area contributed by atoms with E-state index in [-0.39, 0.29) is 5.57 Å². The van der Waals surface area contributed by atoms with Gasteiger partial charge in [-0.1, -0.05) is 36.4 Å². The summed E-state index contributed by atoms with van der Waals surface area (Å²) >= 11 is 0. The van der Waals surface area contributed by atoms with E-state index in [1.165, 1.54) is 18.7 Å². The van der Waals surface area contributed by atoms with Gasteiger partial charge in [0, 0.05) is 13.5 Å². The van der Waals surface area contributed by atoms with Crippen molar-refractivity contribution in [3.8, 4) is 17.6 Å². The smallest absolute Gasteiger partial charge is 0.261 e. The van der Waals surface area contributed by atoms with Crippen LogP contribution < -0.4 is 14.8 Å². The summed E-state index contributed by atoms with van der Waals surface area (Å²) < 4.78 is 11.1. The lowest BCUT2D eigenvalue weighted by atomic mass is 10.1. The standard InChI is InChI=1S/C20H20N2O3/c1-22-20(23)17(14-21)12-16-8-9-18(19(13-16)24-2)25-11-10-15-6-4-3-5-7-15/h3-9,12-13H,10-11H2,1-2H3,(H,22,23)/b17-12-. The molecule has 2 aromatic carbocycles. The molecule has 2 rings (SSSR count). The third kappa shape index (κ3) is 5.11. The first-order valence-corrected chi connectivity index (χ1v) is 7.86. The van der Waals surface area contributed by atoms with Crippen molar-refractivity contribution in [3.05, 3.63) is 65.2 Å². The van der Waals surface area contributed by atoms with Crippen LogP contribution in [0, 0.1) is 11.3 Å². The molecule has 0 saturated heterocycles. The minimum absolute atomic E-state index is 0.0299. The second kappa shape index (κ2) is 9.14. The van der Waals surface area contributed by atoms with Gasteiger partial charge in [-0.3, -0.25) is 4.79 Å². The second-order valence-corrected chi connectivity index (χ2v) is 5.24. The summed E-state index contributed by atoms with van der Waals surface area (Å²) in [4.78, 5) is 11.6. The number of hydrogen-bond acceptors (Lipinski definition) is 4. The summed E-state index contributed by atoms with van der Waals surface area (Å²) in [6.07, 6.45) is 2.30. The van der Waals surface area contributed by atoms with Crippen LogP contribution in [0.25, 0.3) is 6.08 Å². The molecule has 0 spiro atoms. The lowest BCUT2D eigenvalue weighted by Crippen LogP contribution is -2.19. The Morgan fingerprint density at radius 2 is 1.96 bits per heavy atom. The first kappa shape index (κ1) is 18.1. The average Bonchev–Trinajstić information content (AvgIpc) is 2.67. The second-order valence-electron chi connectivity index (χ2n) is 5.24. The molecule has 2 aromatic rings. The van der Waals surface area contributed by atoms with Gasteiger partial charge in [-0.2, -0.15) is 5.26 Å². The predicted molar refractivity (Wildman–Crippen MR) is 96.3 cm³/mol. The highest BCUT2D eigenvalue weighted by Gasteiger charge is 2.09. The topological polar surface area (TPSA) is 71.4 Å². The van der Waals surface area contributed by atoms with Crippen molar-refractivity contribution in [2.24, 2.45) is 0 Å². The highest BCUT2D eigenvalue weighted by atomic mass is 16.5. The lowest BCUT2D eigenvalue weighted by molar-refractivity contribution is -0.116. The molecule has 0 unspecified atom stereocenters. The first-order valence-electron chi connectivity index (χ1n) is 7.86. The number of amides is 1. The minimum atomic E-state index is -0.426. The van der Waals surface area contributed by atoms with Crippen LogP contribution in [-0.2, 0) is 11.2 Å². The van der Waals surface area contributed by atoms with Gasteiger partial charge in [-0.05, 0) is 29.3 Å². The number of hydrogen-bond donors (Lipinski definition) is 1. The van der Waals surface area contributed by atoms with Crippen molar-refractivity contribution < 1.29 is 14.3 Å². The summed E-state index contributed by atoms with van der Waals surface area (Å²) in [5.74, 6) is 0.745. The fourth-order valence-electron chi connectivity index (χ4n) is 2.27. The van der Waals surface area contributed by atoms with E-state index in [2.05, 4.69) is 17.4 Å². The van der Waals surface area contributed by atoms with Crippen LogP contribution >= 0.6 is 0 Å². The molecule has 0 bridgehead atoms. The van der Waals surface area contributed by atoms with Crippen molar-refractivity contribution in [2.75, 3.05) is 20.8 Å². The molecule has 1 N–H and O–H groups in total. The number of methoxy groups -OCH3 is 1. The molecule has 0 aromatic heterocycles. The zero-order chi connectivity index (χ0) is 18.1. The van der Waals surface area contributed by atoms with Crippen molar-refractivity contribution >= 4 is 12.0 Å². The normalized spacial score (nSPS) is 10.7. The Hall–Kier alpha value is -3.26. The lowest BCUT2D eigenvalue weighted by Gasteiger charge is -2.11. The molecule has 0 heterocycles. The Morgan fingerprint density at radius 1 is 1.20 bits per heavy atom. The number of carbonyl (C=O) groups excluding carboxylic acids is 1. The van der Waals surface area contributed by atoms with Gasteiger partial charge < -0.3 is 14.8 Å². The van der Waals surface area contributed by atoms with Crippen LogP contribution in [0.2, 0.25) is 0 Å². The van der Waals surface area contributed by atoms with Crippen LogP contribution in [0.15, 0.2) is 54.1 Å². The first-order chi connectivity index (χ1) is 12.2. The van der Waals surface area contributed by atoms with E-state index < -0.39 is 5.91 Å². The van der Waals surface area contributed by atoms with Crippen LogP contribution in [0.4, 0.5) is 0 Å². The molecule has 0 atom stereocenters. The van der Waals surface area contributed by atoms with Gasteiger partial charge >= 0.3 is 0 Å². The van der Waals surface area contributed by atoms with E-state index in [9.17, 15) is 4.79 Å². The third-order valence-corrected chi connectivity index (χ3v) is 3.58. The van der Waals surface area contributed by atoms with E-state index in [0.717, 1.165) is 6.42 Å². The Morgan fingerprint density at radius 3 is 2.60 bits per heavy atom. The van der Waals surface area contributed by atoms with Crippen molar-refractivity contribution in [1.29, 1.82) is 5.26 Å². The molecule has 0 aliphatic carbocycles. The van der Waals surface area contributed by atoms with Crippen molar-refractivity contribution in [1.82, 2.24) is 5.32 Å². The van der Waals surface area contributed by atoms with Gasteiger partial charge in [0.1, 0.15) is 11.6 Å². The van der Waals surface area contributed by atoms with Gasteiger partial charge in [0.05, 0.1) is 13.7 Å². The molecule has 5 nitrogen and oxygen atoms in total. The van der Waals surface area contributed by atoms with Crippen LogP contribution in [-0.4, -0.2) is 26.7 Å². The number of likely N-dealkylation sites (N-methyl/N-ethyl adjacent to an activating group) is 1. The molecule has 0 aliphatic rings. The maximum atomic E-state index is 11.6. The Labute approximate surface area is 147 Å². The Kier molecular flexibility index (Phi) is 6.61. The Bertz CT molecular complexity index is 792. The minimum Gasteiger partial charge on any atom is -0.493 e. The van der Waals surface area contributed by atoms with Crippen LogP contribution in [0.1, 0.15) is 11.1 Å². The van der Waals surface area contributed by atoms with E-state index in [0.29, 0.717) is 23.7 Å². The number of ether oxygens (including phenoxy) is 2. The molecule has 0 radical (unpaired) electrons. The molecular weight excluding hydrogens is 316 g/mol. The van der Waals surface area contributed by atoms with Gasteiger partial charge in [-0.25, -0.2) is 0 Å². The molecule has 25 heavy (non-hydrogen) atoms. The number of nitriles is 1. The summed E-state index contributed by atoms with van der Waals surface area (Å²) in [5.41, 5.74) is 1.92. The van der Waals surface area contributed by atoms with E-state index in [1.807, 2.05) is 24.3 Å². The number of carbonyl (C=O) groups is 1. The number of nitrogens with one attached hydrogen (secondary N) is 1.